The third-order valence-electron chi connectivity index (χ3n) is 4.78. The summed E-state index contributed by atoms with van der Waals surface area (Å²) in [7, 11) is 4.00. The van der Waals surface area contributed by atoms with Crippen LogP contribution >= 0.6 is 11.8 Å². The lowest BCUT2D eigenvalue weighted by atomic mass is 10.2. The van der Waals surface area contributed by atoms with E-state index in [0.717, 1.165) is 22.7 Å². The Labute approximate surface area is 192 Å². The smallest absolute Gasteiger partial charge is 0.271 e. The highest BCUT2D eigenvalue weighted by molar-refractivity contribution is 8.19. The molecule has 4 rings (SSSR count). The topological polar surface area (TPSA) is 58.0 Å². The SMILES string of the molecule is CCOc1ccc(N2C(=O)/C(=C/c3ccc(N(C)C)cc3)S/C2=N\c2ccccn2)cc1. The number of carbonyl (C=O) groups excluding carboxylic acids is 1. The first-order valence-electron chi connectivity index (χ1n) is 10.3. The number of nitrogens with zero attached hydrogens (tertiary/aromatic N) is 4. The number of aliphatic imine (C=N–C) groups is 1. The van der Waals surface area contributed by atoms with E-state index < -0.39 is 0 Å². The fourth-order valence-electron chi connectivity index (χ4n) is 3.17. The van der Waals surface area contributed by atoms with Crippen molar-refractivity contribution in [1.82, 2.24) is 4.98 Å². The second-order valence-corrected chi connectivity index (χ2v) is 8.26. The van der Waals surface area contributed by atoms with Gasteiger partial charge in [0.2, 0.25) is 0 Å². The molecule has 1 aliphatic heterocycles. The molecule has 0 bridgehead atoms. The van der Waals surface area contributed by atoms with E-state index in [1.807, 2.05) is 98.7 Å². The molecule has 1 aliphatic rings. The standard InChI is InChI=1S/C25H24N4O2S/c1-4-31-21-14-12-20(13-15-21)29-24(30)22(17-18-8-10-19(11-9-18)28(2)3)32-25(29)27-23-7-5-6-16-26-23/h5-17H,4H2,1-3H3/b22-17-,27-25-. The maximum Gasteiger partial charge on any atom is 0.271 e. The molecule has 0 saturated carbocycles. The summed E-state index contributed by atoms with van der Waals surface area (Å²) < 4.78 is 5.54. The van der Waals surface area contributed by atoms with Gasteiger partial charge in [-0.15, -0.1) is 0 Å². The van der Waals surface area contributed by atoms with E-state index in [-0.39, 0.29) is 5.91 Å². The van der Waals surface area contributed by atoms with Gasteiger partial charge in [-0.1, -0.05) is 18.2 Å². The molecule has 0 atom stereocenters. The van der Waals surface area contributed by atoms with Crippen LogP contribution in [0.3, 0.4) is 0 Å². The highest BCUT2D eigenvalue weighted by Gasteiger charge is 2.35. The van der Waals surface area contributed by atoms with Gasteiger partial charge in [0.15, 0.2) is 11.0 Å². The molecule has 2 heterocycles. The molecular formula is C25H24N4O2S. The molecular weight excluding hydrogens is 420 g/mol. The van der Waals surface area contributed by atoms with Gasteiger partial charge in [0.25, 0.3) is 5.91 Å². The summed E-state index contributed by atoms with van der Waals surface area (Å²) in [4.78, 5) is 26.6. The van der Waals surface area contributed by atoms with Crippen LogP contribution in [-0.4, -0.2) is 36.8 Å². The first kappa shape index (κ1) is 21.6. The van der Waals surface area contributed by atoms with Crippen molar-refractivity contribution in [1.29, 1.82) is 0 Å². The summed E-state index contributed by atoms with van der Waals surface area (Å²) in [6.07, 6.45) is 3.58. The second kappa shape index (κ2) is 9.70. The minimum Gasteiger partial charge on any atom is -0.494 e. The number of anilines is 2. The fourth-order valence-corrected chi connectivity index (χ4v) is 4.16. The average molecular weight is 445 g/mol. The third kappa shape index (κ3) is 4.84. The zero-order valence-corrected chi connectivity index (χ0v) is 19.0. The van der Waals surface area contributed by atoms with Crippen molar-refractivity contribution in [2.75, 3.05) is 30.5 Å². The van der Waals surface area contributed by atoms with Gasteiger partial charge < -0.3 is 9.64 Å². The highest BCUT2D eigenvalue weighted by Crippen LogP contribution is 2.37. The second-order valence-electron chi connectivity index (χ2n) is 7.25. The monoisotopic (exact) mass is 444 g/mol. The van der Waals surface area contributed by atoms with Crippen molar-refractivity contribution in [2.24, 2.45) is 4.99 Å². The van der Waals surface area contributed by atoms with Crippen LogP contribution in [0.15, 0.2) is 82.8 Å². The molecule has 7 heteroatoms. The molecule has 0 aliphatic carbocycles. The molecule has 6 nitrogen and oxygen atoms in total. The van der Waals surface area contributed by atoms with Gasteiger partial charge in [0.1, 0.15) is 5.75 Å². The van der Waals surface area contributed by atoms with Crippen LogP contribution < -0.4 is 14.5 Å². The molecule has 1 saturated heterocycles. The molecule has 3 aromatic rings. The predicted octanol–water partition coefficient (Wildman–Crippen LogP) is 5.35. The molecule has 162 valence electrons. The zero-order valence-electron chi connectivity index (χ0n) is 18.2. The number of amidine groups is 1. The van der Waals surface area contributed by atoms with Gasteiger partial charge >= 0.3 is 0 Å². The number of thioether (sulfide) groups is 1. The third-order valence-corrected chi connectivity index (χ3v) is 5.75. The van der Waals surface area contributed by atoms with Gasteiger partial charge in [0.05, 0.1) is 17.2 Å². The van der Waals surface area contributed by atoms with Crippen molar-refractivity contribution >= 4 is 46.1 Å². The van der Waals surface area contributed by atoms with E-state index in [1.165, 1.54) is 11.8 Å². The Bertz CT molecular complexity index is 1140. The Hall–Kier alpha value is -3.58. The van der Waals surface area contributed by atoms with Crippen LogP contribution in [0.5, 0.6) is 5.75 Å². The Morgan fingerprint density at radius 3 is 2.44 bits per heavy atom. The van der Waals surface area contributed by atoms with E-state index in [1.54, 1.807) is 11.1 Å². The molecule has 32 heavy (non-hydrogen) atoms. The van der Waals surface area contributed by atoms with Crippen molar-refractivity contribution in [3.8, 4) is 5.75 Å². The molecule has 1 aromatic heterocycles. The van der Waals surface area contributed by atoms with E-state index >= 15 is 0 Å². The van der Waals surface area contributed by atoms with E-state index in [2.05, 4.69) is 9.98 Å². The number of carbonyl (C=O) groups is 1. The predicted molar refractivity (Wildman–Crippen MR) is 133 cm³/mol. The van der Waals surface area contributed by atoms with Crippen LogP contribution in [0.2, 0.25) is 0 Å². The van der Waals surface area contributed by atoms with Crippen molar-refractivity contribution in [3.63, 3.8) is 0 Å². The van der Waals surface area contributed by atoms with Gasteiger partial charge in [-0.2, -0.15) is 0 Å². The molecule has 0 N–H and O–H groups in total. The number of aromatic nitrogens is 1. The number of ether oxygens (including phenoxy) is 1. The van der Waals surface area contributed by atoms with Crippen LogP contribution in [0.25, 0.3) is 6.08 Å². The number of pyridine rings is 1. The lowest BCUT2D eigenvalue weighted by Crippen LogP contribution is -2.28. The molecule has 0 spiro atoms. The van der Waals surface area contributed by atoms with Crippen molar-refractivity contribution in [3.05, 3.63) is 83.4 Å². The van der Waals surface area contributed by atoms with Gasteiger partial charge in [0, 0.05) is 26.0 Å². The number of benzene rings is 2. The van der Waals surface area contributed by atoms with Crippen LogP contribution in [-0.2, 0) is 4.79 Å². The summed E-state index contributed by atoms with van der Waals surface area (Å²) in [5.41, 5.74) is 2.79. The first-order valence-corrected chi connectivity index (χ1v) is 11.1. The summed E-state index contributed by atoms with van der Waals surface area (Å²) in [5, 5.41) is 0.564. The van der Waals surface area contributed by atoms with E-state index in [4.69, 9.17) is 4.74 Å². The summed E-state index contributed by atoms with van der Waals surface area (Å²) in [6, 6.07) is 21.0. The lowest BCUT2D eigenvalue weighted by molar-refractivity contribution is -0.113. The van der Waals surface area contributed by atoms with Crippen LogP contribution in [0.4, 0.5) is 17.2 Å². The maximum absolute atomic E-state index is 13.4. The molecule has 0 unspecified atom stereocenters. The number of amides is 1. The van der Waals surface area contributed by atoms with Crippen LogP contribution in [0, 0.1) is 0 Å². The largest absolute Gasteiger partial charge is 0.494 e. The molecule has 2 aromatic carbocycles. The Morgan fingerprint density at radius 2 is 1.81 bits per heavy atom. The Morgan fingerprint density at radius 1 is 1.06 bits per heavy atom. The zero-order chi connectivity index (χ0) is 22.5. The fraction of sp³-hybridized carbons (Fsp3) is 0.160. The van der Waals surface area contributed by atoms with Gasteiger partial charge in [-0.3, -0.25) is 9.69 Å². The van der Waals surface area contributed by atoms with Crippen LogP contribution in [0.1, 0.15) is 12.5 Å². The van der Waals surface area contributed by atoms with Gasteiger partial charge in [-0.25, -0.2) is 9.98 Å². The van der Waals surface area contributed by atoms with E-state index in [0.29, 0.717) is 22.5 Å². The normalized spacial score (nSPS) is 16.1. The average Bonchev–Trinajstić information content (AvgIpc) is 3.10. The Balaban J connectivity index is 1.70. The highest BCUT2D eigenvalue weighted by atomic mass is 32.2. The minimum atomic E-state index is -0.120. The summed E-state index contributed by atoms with van der Waals surface area (Å²) in [5.74, 6) is 1.19. The molecule has 1 fully saturated rings. The number of hydrogen-bond acceptors (Lipinski definition) is 6. The number of rotatable bonds is 6. The maximum atomic E-state index is 13.4. The first-order chi connectivity index (χ1) is 15.5. The lowest BCUT2D eigenvalue weighted by Gasteiger charge is -2.16. The summed E-state index contributed by atoms with van der Waals surface area (Å²) in [6.45, 7) is 2.53. The number of hydrogen-bond donors (Lipinski definition) is 0. The van der Waals surface area contributed by atoms with Crippen molar-refractivity contribution < 1.29 is 9.53 Å². The van der Waals surface area contributed by atoms with Gasteiger partial charge in [-0.05, 0) is 78.9 Å². The minimum absolute atomic E-state index is 0.120. The van der Waals surface area contributed by atoms with E-state index in [9.17, 15) is 4.79 Å². The quantitative estimate of drug-likeness (QED) is 0.480. The van der Waals surface area contributed by atoms with Crippen molar-refractivity contribution in [2.45, 2.75) is 6.92 Å². The summed E-state index contributed by atoms with van der Waals surface area (Å²) >= 11 is 1.34. The Kier molecular flexibility index (Phi) is 6.56. The molecule has 1 amide bonds. The molecule has 0 radical (unpaired) electrons.